The normalized spacial score (nSPS) is 25.8. The predicted octanol–water partition coefficient (Wildman–Crippen LogP) is 0.168. The second-order valence-electron chi connectivity index (χ2n) is 7.13. The number of thiocarbonyl (C=S) groups is 1. The van der Waals surface area contributed by atoms with Crippen molar-refractivity contribution < 1.29 is 44.0 Å². The lowest BCUT2D eigenvalue weighted by Gasteiger charge is -2.47. The molecule has 0 spiro atoms. The Kier molecular flexibility index (Phi) is 9.93. The van der Waals surface area contributed by atoms with Crippen LogP contribution in [0.3, 0.4) is 0 Å². The molecular weight excluding hydrogens is 420 g/mol. The lowest BCUT2D eigenvalue weighted by molar-refractivity contribution is -0.179. The summed E-state index contributed by atoms with van der Waals surface area (Å²) in [6.45, 7) is 3.24. The fraction of sp³-hybridized carbons (Fsp3) is 0.722. The van der Waals surface area contributed by atoms with E-state index in [4.69, 9.17) is 21.7 Å². The monoisotopic (exact) mass is 448 g/mol. The third-order valence-electron chi connectivity index (χ3n) is 5.00. The summed E-state index contributed by atoms with van der Waals surface area (Å²) in [4.78, 5) is 47.3. The van der Waals surface area contributed by atoms with Gasteiger partial charge < -0.3 is 35.0 Å². The smallest absolute Gasteiger partial charge is 0.306 e. The van der Waals surface area contributed by atoms with E-state index in [-0.39, 0.29) is 11.7 Å². The van der Waals surface area contributed by atoms with Gasteiger partial charge in [0.05, 0.1) is 37.5 Å². The molecule has 4 N–H and O–H groups in total. The molecule has 0 amide bonds. The van der Waals surface area contributed by atoms with Gasteiger partial charge in [0.15, 0.2) is 5.11 Å². The highest BCUT2D eigenvalue weighted by Gasteiger charge is 2.48. The largest absolute Gasteiger partial charge is 0.481 e. The summed E-state index contributed by atoms with van der Waals surface area (Å²) < 4.78 is 10.8. The summed E-state index contributed by atoms with van der Waals surface area (Å²) in [5, 5.41) is 31.3. The Morgan fingerprint density at radius 1 is 1.00 bits per heavy atom. The molecule has 1 rings (SSSR count). The van der Waals surface area contributed by atoms with Crippen molar-refractivity contribution >= 4 is 41.2 Å². The van der Waals surface area contributed by atoms with Crippen LogP contribution in [0.4, 0.5) is 0 Å². The van der Waals surface area contributed by atoms with Gasteiger partial charge in [-0.1, -0.05) is 0 Å². The summed E-state index contributed by atoms with van der Waals surface area (Å²) in [6, 6.07) is -0.864. The van der Waals surface area contributed by atoms with Crippen LogP contribution < -0.4 is 5.32 Å². The maximum absolute atomic E-state index is 11.6. The molecule has 0 aromatic rings. The van der Waals surface area contributed by atoms with E-state index in [2.05, 4.69) is 5.32 Å². The maximum Gasteiger partial charge on any atom is 0.306 e. The topological polar surface area (TPSA) is 163 Å². The molecule has 0 bridgehead atoms. The minimum Gasteiger partial charge on any atom is -0.481 e. The van der Waals surface area contributed by atoms with Crippen molar-refractivity contribution in [3.63, 3.8) is 0 Å². The number of hydrogen-bond acceptors (Lipinski definition) is 7. The number of hydrogen-bond donors (Lipinski definition) is 4. The van der Waals surface area contributed by atoms with Gasteiger partial charge in [-0.15, -0.1) is 0 Å². The highest BCUT2D eigenvalue weighted by Crippen LogP contribution is 2.37. The first-order valence-electron chi connectivity index (χ1n) is 9.42. The second kappa shape index (κ2) is 11.6. The number of rotatable bonds is 10. The lowest BCUT2D eigenvalue weighted by atomic mass is 9.73. The molecule has 0 unspecified atom stereocenters. The van der Waals surface area contributed by atoms with Crippen molar-refractivity contribution in [2.24, 2.45) is 11.8 Å². The number of nitrogens with one attached hydrogen (secondary N) is 1. The standard InChI is InChI=1S/C18H28N2O9S/c1-4-20(3)18(30)19-17-11(6-15(24)25)10(5-14(22)23)13(8-28-9(2)21)29-12(17)7-16(26)27/h10-13,17H,4-8H2,1-3H3,(H,19,30)(H,22,23)(H,24,25)(H,26,27)/t10-,11+,12-,13-,17+/m0/s1. The van der Waals surface area contributed by atoms with Gasteiger partial charge in [0, 0.05) is 26.4 Å². The molecule has 170 valence electrons. The quantitative estimate of drug-likeness (QED) is 0.265. The van der Waals surface area contributed by atoms with Crippen LogP contribution in [0.1, 0.15) is 33.1 Å². The summed E-state index contributed by atoms with van der Waals surface area (Å²) in [7, 11) is 1.70. The van der Waals surface area contributed by atoms with Crippen molar-refractivity contribution in [3.05, 3.63) is 0 Å². The molecule has 1 fully saturated rings. The number of aliphatic carboxylic acids is 3. The molecular formula is C18H28N2O9S. The first kappa shape index (κ1) is 25.6. The highest BCUT2D eigenvalue weighted by molar-refractivity contribution is 7.80. The number of carbonyl (C=O) groups excluding carboxylic acids is 1. The number of carbonyl (C=O) groups is 4. The van der Waals surface area contributed by atoms with Crippen molar-refractivity contribution in [2.75, 3.05) is 20.2 Å². The van der Waals surface area contributed by atoms with Gasteiger partial charge in [0.2, 0.25) is 0 Å². The third-order valence-corrected chi connectivity index (χ3v) is 5.43. The van der Waals surface area contributed by atoms with Gasteiger partial charge in [0.1, 0.15) is 6.61 Å². The van der Waals surface area contributed by atoms with E-state index in [1.807, 2.05) is 6.92 Å². The minimum atomic E-state index is -1.18. The third kappa shape index (κ3) is 7.75. The van der Waals surface area contributed by atoms with Crippen LogP contribution in [0.2, 0.25) is 0 Å². The molecule has 30 heavy (non-hydrogen) atoms. The van der Waals surface area contributed by atoms with Crippen molar-refractivity contribution in [1.29, 1.82) is 0 Å². The molecule has 0 aromatic heterocycles. The minimum absolute atomic E-state index is 0.254. The number of ether oxygens (including phenoxy) is 2. The van der Waals surface area contributed by atoms with Crippen LogP contribution in [0.15, 0.2) is 0 Å². The van der Waals surface area contributed by atoms with Gasteiger partial charge in [-0.3, -0.25) is 19.2 Å². The van der Waals surface area contributed by atoms with Gasteiger partial charge in [-0.25, -0.2) is 0 Å². The Bertz CT molecular complexity index is 672. The van der Waals surface area contributed by atoms with Crippen LogP contribution >= 0.6 is 12.2 Å². The van der Waals surface area contributed by atoms with Crippen LogP contribution in [-0.2, 0) is 28.7 Å². The second-order valence-corrected chi connectivity index (χ2v) is 7.51. The molecule has 1 aliphatic rings. The number of esters is 1. The Morgan fingerprint density at radius 3 is 2.00 bits per heavy atom. The molecule has 0 aromatic carbocycles. The van der Waals surface area contributed by atoms with E-state index in [9.17, 15) is 34.5 Å². The lowest BCUT2D eigenvalue weighted by Crippen LogP contribution is -2.61. The van der Waals surface area contributed by atoms with Crippen LogP contribution in [0.25, 0.3) is 0 Å². The molecule has 0 radical (unpaired) electrons. The summed E-state index contributed by atoms with van der Waals surface area (Å²) >= 11 is 5.31. The first-order valence-corrected chi connectivity index (χ1v) is 9.82. The van der Waals surface area contributed by atoms with E-state index in [1.54, 1.807) is 11.9 Å². The zero-order chi connectivity index (χ0) is 23.0. The molecule has 0 saturated carbocycles. The maximum atomic E-state index is 11.6. The fourth-order valence-corrected chi connectivity index (χ4v) is 3.76. The van der Waals surface area contributed by atoms with Crippen LogP contribution in [0.5, 0.6) is 0 Å². The van der Waals surface area contributed by atoms with Crippen molar-refractivity contribution in [2.45, 2.75) is 51.4 Å². The number of carboxylic acids is 3. The number of nitrogens with zero attached hydrogens (tertiary/aromatic N) is 1. The molecule has 1 aliphatic heterocycles. The average Bonchev–Trinajstić information content (AvgIpc) is 2.62. The predicted molar refractivity (Wildman–Crippen MR) is 107 cm³/mol. The molecule has 11 nitrogen and oxygen atoms in total. The Labute approximate surface area is 179 Å². The molecule has 0 aliphatic carbocycles. The zero-order valence-electron chi connectivity index (χ0n) is 17.1. The van der Waals surface area contributed by atoms with Crippen molar-refractivity contribution in [3.8, 4) is 0 Å². The van der Waals surface area contributed by atoms with Gasteiger partial charge in [0.25, 0.3) is 0 Å². The van der Waals surface area contributed by atoms with E-state index < -0.39 is 73.2 Å². The molecule has 1 saturated heterocycles. The fourth-order valence-electron chi connectivity index (χ4n) is 3.50. The molecule has 1 heterocycles. The van der Waals surface area contributed by atoms with Gasteiger partial charge in [-0.05, 0) is 25.1 Å². The highest BCUT2D eigenvalue weighted by atomic mass is 32.1. The Hall–Kier alpha value is -2.47. The average molecular weight is 448 g/mol. The summed E-state index contributed by atoms with van der Waals surface area (Å²) in [5.74, 6) is -5.85. The summed E-state index contributed by atoms with van der Waals surface area (Å²) in [5.41, 5.74) is 0. The van der Waals surface area contributed by atoms with Crippen LogP contribution in [0, 0.1) is 11.8 Å². The number of carboxylic acid groups (broad SMARTS) is 3. The Balaban J connectivity index is 3.35. The SMILES string of the molecule is CCN(C)C(=S)N[C@@H]1[C@H](CC(=O)O)[C@H](CC(=O)O)[C@H](COC(C)=O)O[C@H]1CC(=O)O. The zero-order valence-corrected chi connectivity index (χ0v) is 17.9. The van der Waals surface area contributed by atoms with Crippen molar-refractivity contribution in [1.82, 2.24) is 10.2 Å². The molecule has 12 heteroatoms. The Morgan fingerprint density at radius 2 is 1.53 bits per heavy atom. The first-order chi connectivity index (χ1) is 14.0. The van der Waals surface area contributed by atoms with E-state index >= 15 is 0 Å². The van der Waals surface area contributed by atoms with Gasteiger partial charge in [-0.2, -0.15) is 0 Å². The van der Waals surface area contributed by atoms with E-state index in [1.165, 1.54) is 6.92 Å². The molecule has 5 atom stereocenters. The van der Waals surface area contributed by atoms with E-state index in [0.29, 0.717) is 6.54 Å². The summed E-state index contributed by atoms with van der Waals surface area (Å²) in [6.07, 6.45) is -3.35. The van der Waals surface area contributed by atoms with Crippen LogP contribution in [-0.4, -0.2) is 87.7 Å². The van der Waals surface area contributed by atoms with Gasteiger partial charge >= 0.3 is 23.9 Å². The van der Waals surface area contributed by atoms with E-state index in [0.717, 1.165) is 0 Å².